The van der Waals surface area contributed by atoms with E-state index in [9.17, 15) is 4.79 Å². The normalized spacial score (nSPS) is 29.4. The van der Waals surface area contributed by atoms with Crippen molar-refractivity contribution in [2.24, 2.45) is 10.9 Å². The minimum Gasteiger partial charge on any atom is -0.211 e. The molecule has 1 aromatic rings. The molecule has 0 radical (unpaired) electrons. The van der Waals surface area contributed by atoms with Crippen LogP contribution in [0.15, 0.2) is 33.7 Å². The first-order valence-electron chi connectivity index (χ1n) is 4.54. The first-order valence-corrected chi connectivity index (χ1v) is 5.33. The molecule has 1 saturated carbocycles. The van der Waals surface area contributed by atoms with E-state index in [2.05, 4.69) is 27.8 Å². The zero-order valence-electron chi connectivity index (χ0n) is 7.83. The maximum absolute atomic E-state index is 10.3. The lowest BCUT2D eigenvalue weighted by Gasteiger charge is -2.09. The largest absolute Gasteiger partial charge is 0.235 e. The fraction of sp³-hybridized carbons (Fsp3) is 0.364. The molecule has 3 heteroatoms. The van der Waals surface area contributed by atoms with Crippen LogP contribution in [0.2, 0.25) is 0 Å². The first-order chi connectivity index (χ1) is 6.69. The van der Waals surface area contributed by atoms with Gasteiger partial charge in [0.15, 0.2) is 0 Å². The molecule has 1 fully saturated rings. The van der Waals surface area contributed by atoms with Gasteiger partial charge in [-0.2, -0.15) is 4.99 Å². The molecule has 0 N–H and O–H groups in total. The molecular formula is C11H10BrNO. The predicted octanol–water partition coefficient (Wildman–Crippen LogP) is 3.02. The van der Waals surface area contributed by atoms with Gasteiger partial charge in [-0.25, -0.2) is 4.79 Å². The average molecular weight is 252 g/mol. The van der Waals surface area contributed by atoms with Crippen molar-refractivity contribution in [2.75, 3.05) is 0 Å². The minimum absolute atomic E-state index is 0.275. The van der Waals surface area contributed by atoms with Crippen molar-refractivity contribution in [3.8, 4) is 0 Å². The van der Waals surface area contributed by atoms with E-state index < -0.39 is 0 Å². The van der Waals surface area contributed by atoms with E-state index in [0.29, 0.717) is 5.92 Å². The van der Waals surface area contributed by atoms with Crippen LogP contribution in [0.1, 0.15) is 18.9 Å². The first kappa shape index (κ1) is 9.63. The van der Waals surface area contributed by atoms with Gasteiger partial charge >= 0.3 is 0 Å². The molecule has 1 aromatic carbocycles. The van der Waals surface area contributed by atoms with E-state index in [1.807, 2.05) is 24.3 Å². The van der Waals surface area contributed by atoms with Gasteiger partial charge in [-0.3, -0.25) is 0 Å². The molecular weight excluding hydrogens is 242 g/mol. The van der Waals surface area contributed by atoms with E-state index in [1.165, 1.54) is 0 Å². The molecule has 2 atom stereocenters. The van der Waals surface area contributed by atoms with Crippen LogP contribution in [-0.2, 0) is 10.3 Å². The van der Waals surface area contributed by atoms with Crippen LogP contribution in [0.25, 0.3) is 0 Å². The summed E-state index contributed by atoms with van der Waals surface area (Å²) in [5.74, 6) is 0.449. The van der Waals surface area contributed by atoms with Crippen molar-refractivity contribution in [1.29, 1.82) is 0 Å². The number of aliphatic imine (C=N–C) groups is 1. The summed E-state index contributed by atoms with van der Waals surface area (Å²) in [6.07, 6.45) is 2.63. The molecule has 0 bridgehead atoms. The van der Waals surface area contributed by atoms with Crippen molar-refractivity contribution >= 4 is 22.0 Å². The highest BCUT2D eigenvalue weighted by molar-refractivity contribution is 9.10. The highest BCUT2D eigenvalue weighted by Crippen LogP contribution is 2.54. The van der Waals surface area contributed by atoms with E-state index >= 15 is 0 Å². The van der Waals surface area contributed by atoms with Crippen molar-refractivity contribution in [3.05, 3.63) is 34.3 Å². The lowest BCUT2D eigenvalue weighted by Crippen LogP contribution is -2.04. The summed E-state index contributed by atoms with van der Waals surface area (Å²) in [7, 11) is 0. The molecule has 72 valence electrons. The Morgan fingerprint density at radius 2 is 2.07 bits per heavy atom. The predicted molar refractivity (Wildman–Crippen MR) is 57.7 cm³/mol. The Hall–Kier alpha value is -0.920. The van der Waals surface area contributed by atoms with Crippen molar-refractivity contribution in [3.63, 3.8) is 0 Å². The van der Waals surface area contributed by atoms with E-state index in [0.717, 1.165) is 16.5 Å². The number of benzene rings is 1. The molecule has 0 spiro atoms. The van der Waals surface area contributed by atoms with E-state index in [-0.39, 0.29) is 5.54 Å². The molecule has 1 aliphatic rings. The summed E-state index contributed by atoms with van der Waals surface area (Å²) in [5, 5.41) is 0. The smallest absolute Gasteiger partial charge is 0.211 e. The van der Waals surface area contributed by atoms with Crippen molar-refractivity contribution in [2.45, 2.75) is 18.9 Å². The number of isocyanates is 1. The zero-order valence-corrected chi connectivity index (χ0v) is 9.41. The summed E-state index contributed by atoms with van der Waals surface area (Å²) < 4.78 is 1.04. The van der Waals surface area contributed by atoms with Gasteiger partial charge in [-0.05, 0) is 30.0 Å². The fourth-order valence-electron chi connectivity index (χ4n) is 1.85. The second kappa shape index (κ2) is 3.34. The molecule has 14 heavy (non-hydrogen) atoms. The maximum Gasteiger partial charge on any atom is 0.235 e. The molecule has 0 aromatic heterocycles. The van der Waals surface area contributed by atoms with Gasteiger partial charge in [0.1, 0.15) is 5.54 Å². The summed E-state index contributed by atoms with van der Waals surface area (Å²) in [6.45, 7) is 2.10. The van der Waals surface area contributed by atoms with Gasteiger partial charge in [0.05, 0.1) is 0 Å². The van der Waals surface area contributed by atoms with Crippen LogP contribution in [-0.4, -0.2) is 6.08 Å². The Labute approximate surface area is 91.2 Å². The second-order valence-electron chi connectivity index (χ2n) is 3.74. The van der Waals surface area contributed by atoms with Gasteiger partial charge in [-0.15, -0.1) is 0 Å². The third-order valence-electron chi connectivity index (χ3n) is 2.86. The van der Waals surface area contributed by atoms with E-state index in [1.54, 1.807) is 6.08 Å². The van der Waals surface area contributed by atoms with Gasteiger partial charge in [0.25, 0.3) is 0 Å². The van der Waals surface area contributed by atoms with Gasteiger partial charge in [-0.1, -0.05) is 35.0 Å². The number of rotatable bonds is 2. The second-order valence-corrected chi connectivity index (χ2v) is 4.66. The lowest BCUT2D eigenvalue weighted by molar-refractivity contribution is 0.552. The third-order valence-corrected chi connectivity index (χ3v) is 3.39. The maximum atomic E-state index is 10.3. The van der Waals surface area contributed by atoms with Crippen LogP contribution in [0.5, 0.6) is 0 Å². The standard InChI is InChI=1S/C11H10BrNO/c1-8-6-11(8,13-7-14)9-2-4-10(12)5-3-9/h2-5,8H,6H2,1H3. The number of hydrogen-bond donors (Lipinski definition) is 0. The Morgan fingerprint density at radius 3 is 2.50 bits per heavy atom. The SMILES string of the molecule is CC1CC1(N=C=O)c1ccc(Br)cc1. The monoisotopic (exact) mass is 251 g/mol. The number of halogens is 1. The lowest BCUT2D eigenvalue weighted by atomic mass is 10.0. The number of hydrogen-bond acceptors (Lipinski definition) is 2. The van der Waals surface area contributed by atoms with Gasteiger partial charge < -0.3 is 0 Å². The molecule has 2 unspecified atom stereocenters. The van der Waals surface area contributed by atoms with Crippen LogP contribution >= 0.6 is 15.9 Å². The van der Waals surface area contributed by atoms with Crippen molar-refractivity contribution < 1.29 is 4.79 Å². The molecule has 0 aliphatic heterocycles. The Kier molecular flexibility index (Phi) is 2.30. The Bertz CT molecular complexity index is 394. The van der Waals surface area contributed by atoms with Crippen LogP contribution < -0.4 is 0 Å². The minimum atomic E-state index is -0.275. The number of carbonyl (C=O) groups excluding carboxylic acids is 1. The van der Waals surface area contributed by atoms with Crippen LogP contribution in [0.4, 0.5) is 0 Å². The summed E-state index contributed by atoms with van der Waals surface area (Å²) in [4.78, 5) is 14.3. The molecule has 0 amide bonds. The summed E-state index contributed by atoms with van der Waals surface area (Å²) >= 11 is 3.38. The summed E-state index contributed by atoms with van der Waals surface area (Å²) in [5.41, 5.74) is 0.833. The fourth-order valence-corrected chi connectivity index (χ4v) is 2.11. The Balaban J connectivity index is 2.39. The van der Waals surface area contributed by atoms with E-state index in [4.69, 9.17) is 0 Å². The highest BCUT2D eigenvalue weighted by atomic mass is 79.9. The molecule has 2 nitrogen and oxygen atoms in total. The highest BCUT2D eigenvalue weighted by Gasteiger charge is 2.53. The van der Waals surface area contributed by atoms with Gasteiger partial charge in [0.2, 0.25) is 6.08 Å². The zero-order chi connectivity index (χ0) is 10.2. The topological polar surface area (TPSA) is 29.4 Å². The quantitative estimate of drug-likeness (QED) is 0.587. The average Bonchev–Trinajstić information content (AvgIpc) is 2.79. The molecule has 0 saturated heterocycles. The Morgan fingerprint density at radius 1 is 1.50 bits per heavy atom. The van der Waals surface area contributed by atoms with Gasteiger partial charge in [0, 0.05) is 4.47 Å². The van der Waals surface area contributed by atoms with Crippen LogP contribution in [0, 0.1) is 5.92 Å². The van der Waals surface area contributed by atoms with Crippen molar-refractivity contribution in [1.82, 2.24) is 0 Å². The third kappa shape index (κ3) is 1.43. The molecule has 2 rings (SSSR count). The molecule has 0 heterocycles. The summed E-state index contributed by atoms with van der Waals surface area (Å²) in [6, 6.07) is 7.97. The van der Waals surface area contributed by atoms with Crippen LogP contribution in [0.3, 0.4) is 0 Å². The number of nitrogens with zero attached hydrogens (tertiary/aromatic N) is 1. The molecule has 1 aliphatic carbocycles.